The van der Waals surface area contributed by atoms with Crippen LogP contribution in [0.1, 0.15) is 12.5 Å². The van der Waals surface area contributed by atoms with Gasteiger partial charge in [0, 0.05) is 6.07 Å². The lowest BCUT2D eigenvalue weighted by molar-refractivity contribution is -0.386. The number of nitro benzene ring substituents is 1. The van der Waals surface area contributed by atoms with Crippen molar-refractivity contribution in [3.05, 3.63) is 61.2 Å². The largest absolute Gasteiger partial charge is 0.501 e. The molecule has 10 nitrogen and oxygen atoms in total. The minimum Gasteiger partial charge on any atom is -0.501 e. The van der Waals surface area contributed by atoms with Crippen molar-refractivity contribution in [3.8, 4) is 11.5 Å². The molecule has 154 valence electrons. The van der Waals surface area contributed by atoms with Crippen LogP contribution in [-0.4, -0.2) is 34.5 Å². The molecular weight excluding hydrogens is 509 g/mol. The number of amides is 4. The van der Waals surface area contributed by atoms with E-state index in [0.29, 0.717) is 12.4 Å². The first-order valence-corrected chi connectivity index (χ1v) is 9.62. The normalized spacial score (nSPS) is 15.3. The number of benzene rings is 2. The molecule has 0 radical (unpaired) electrons. The molecule has 0 aliphatic carbocycles. The Balaban J connectivity index is 2.01. The predicted octanol–water partition coefficient (Wildman–Crippen LogP) is 2.97. The zero-order chi connectivity index (χ0) is 22.0. The second-order valence-corrected chi connectivity index (χ2v) is 7.17. The number of hydrogen-bond acceptors (Lipinski definition) is 7. The van der Waals surface area contributed by atoms with E-state index in [0.717, 1.165) is 17.0 Å². The van der Waals surface area contributed by atoms with Crippen molar-refractivity contribution in [2.45, 2.75) is 6.92 Å². The van der Waals surface area contributed by atoms with Crippen LogP contribution in [0.3, 0.4) is 0 Å². The van der Waals surface area contributed by atoms with E-state index in [9.17, 15) is 29.6 Å². The Morgan fingerprint density at radius 1 is 1.23 bits per heavy atom. The van der Waals surface area contributed by atoms with E-state index in [1.165, 1.54) is 18.2 Å². The molecule has 4 amide bonds. The summed E-state index contributed by atoms with van der Waals surface area (Å²) in [6.45, 7) is 2.26. The summed E-state index contributed by atoms with van der Waals surface area (Å²) in [6, 6.07) is 7.61. The summed E-state index contributed by atoms with van der Waals surface area (Å²) in [7, 11) is 0. The number of anilines is 1. The van der Waals surface area contributed by atoms with Crippen LogP contribution in [0.5, 0.6) is 11.5 Å². The summed E-state index contributed by atoms with van der Waals surface area (Å²) in [4.78, 5) is 48.5. The van der Waals surface area contributed by atoms with Gasteiger partial charge >= 0.3 is 11.7 Å². The Morgan fingerprint density at radius 3 is 2.50 bits per heavy atom. The number of carbonyl (C=O) groups excluding carboxylic acids is 3. The SMILES string of the molecule is CCOc1ccc(N2C(=O)NC(=O)/C(=C\c3cc(I)c(O)c([N+](=O)[O-])c3)C2=O)cc1. The molecule has 2 aromatic carbocycles. The standard InChI is InChI=1S/C19H14IN3O7/c1-2-30-12-5-3-11(4-6-12)22-18(26)13(17(25)21-19(22)27)7-10-8-14(20)16(24)15(9-10)23(28)29/h3-9,24H,2H2,1H3,(H,21,25,27)/b13-7+. The van der Waals surface area contributed by atoms with E-state index >= 15 is 0 Å². The molecule has 11 heteroatoms. The third-order valence-electron chi connectivity index (χ3n) is 4.08. The molecule has 30 heavy (non-hydrogen) atoms. The summed E-state index contributed by atoms with van der Waals surface area (Å²) in [5.41, 5.74) is -0.606. The van der Waals surface area contributed by atoms with Gasteiger partial charge in [0.15, 0.2) is 0 Å². The number of ether oxygens (including phenoxy) is 1. The summed E-state index contributed by atoms with van der Waals surface area (Å²) in [5.74, 6) is -1.80. The van der Waals surface area contributed by atoms with Crippen molar-refractivity contribution in [2.24, 2.45) is 0 Å². The number of phenols is 1. The lowest BCUT2D eigenvalue weighted by Gasteiger charge is -2.26. The maximum absolute atomic E-state index is 12.9. The Bertz CT molecular complexity index is 1100. The van der Waals surface area contributed by atoms with Crippen LogP contribution < -0.4 is 15.0 Å². The molecule has 0 spiro atoms. The molecule has 1 aliphatic heterocycles. The monoisotopic (exact) mass is 523 g/mol. The Kier molecular flexibility index (Phi) is 6.01. The Labute approximate surface area is 183 Å². The third-order valence-corrected chi connectivity index (χ3v) is 4.90. The van der Waals surface area contributed by atoms with Gasteiger partial charge in [0.1, 0.15) is 11.3 Å². The summed E-state index contributed by atoms with van der Waals surface area (Å²) in [5, 5.41) is 23.0. The number of halogens is 1. The van der Waals surface area contributed by atoms with Crippen molar-refractivity contribution >= 4 is 57.9 Å². The van der Waals surface area contributed by atoms with Crippen molar-refractivity contribution in [3.63, 3.8) is 0 Å². The molecular formula is C19H14IN3O7. The maximum atomic E-state index is 12.9. The molecule has 0 bridgehead atoms. The van der Waals surface area contributed by atoms with E-state index in [2.05, 4.69) is 5.32 Å². The van der Waals surface area contributed by atoms with Gasteiger partial charge < -0.3 is 9.84 Å². The highest BCUT2D eigenvalue weighted by Gasteiger charge is 2.37. The highest BCUT2D eigenvalue weighted by atomic mass is 127. The molecule has 0 aromatic heterocycles. The quantitative estimate of drug-likeness (QED) is 0.202. The second-order valence-electron chi connectivity index (χ2n) is 6.01. The highest BCUT2D eigenvalue weighted by Crippen LogP contribution is 2.33. The van der Waals surface area contributed by atoms with E-state index in [1.54, 1.807) is 34.7 Å². The number of nitrogens with one attached hydrogen (secondary N) is 1. The van der Waals surface area contributed by atoms with Gasteiger partial charge in [-0.25, -0.2) is 9.69 Å². The first kappa shape index (κ1) is 21.2. The zero-order valence-corrected chi connectivity index (χ0v) is 17.6. The zero-order valence-electron chi connectivity index (χ0n) is 15.4. The molecule has 0 unspecified atom stereocenters. The lowest BCUT2D eigenvalue weighted by Crippen LogP contribution is -2.54. The van der Waals surface area contributed by atoms with Gasteiger partial charge in [0.05, 0.1) is 20.8 Å². The minimum absolute atomic E-state index is 0.142. The Morgan fingerprint density at radius 2 is 1.90 bits per heavy atom. The fourth-order valence-electron chi connectivity index (χ4n) is 2.74. The van der Waals surface area contributed by atoms with Crippen LogP contribution in [0.2, 0.25) is 0 Å². The van der Waals surface area contributed by atoms with Gasteiger partial charge in [-0.1, -0.05) is 0 Å². The fraction of sp³-hybridized carbons (Fsp3) is 0.105. The Hall–Kier alpha value is -3.48. The average molecular weight is 523 g/mol. The third kappa shape index (κ3) is 4.10. The number of imide groups is 2. The van der Waals surface area contributed by atoms with E-state index in [-0.39, 0.29) is 20.4 Å². The lowest BCUT2D eigenvalue weighted by atomic mass is 10.1. The van der Waals surface area contributed by atoms with Crippen LogP contribution >= 0.6 is 22.6 Å². The minimum atomic E-state index is -0.932. The average Bonchev–Trinajstić information content (AvgIpc) is 2.69. The predicted molar refractivity (Wildman–Crippen MR) is 114 cm³/mol. The van der Waals surface area contributed by atoms with E-state index in [4.69, 9.17) is 4.74 Å². The molecule has 0 saturated carbocycles. The first-order chi connectivity index (χ1) is 14.2. The van der Waals surface area contributed by atoms with Gasteiger partial charge in [-0.05, 0) is 71.5 Å². The van der Waals surface area contributed by atoms with Gasteiger partial charge in [0.25, 0.3) is 11.8 Å². The molecule has 1 saturated heterocycles. The van der Waals surface area contributed by atoms with Crippen LogP contribution in [0.4, 0.5) is 16.2 Å². The number of aromatic hydroxyl groups is 1. The van der Waals surface area contributed by atoms with Crippen LogP contribution in [0.15, 0.2) is 42.0 Å². The first-order valence-electron chi connectivity index (χ1n) is 8.54. The summed E-state index contributed by atoms with van der Waals surface area (Å²) < 4.78 is 5.49. The van der Waals surface area contributed by atoms with Crippen molar-refractivity contribution in [1.29, 1.82) is 0 Å². The van der Waals surface area contributed by atoms with Crippen LogP contribution in [0.25, 0.3) is 6.08 Å². The van der Waals surface area contributed by atoms with E-state index < -0.39 is 34.2 Å². The maximum Gasteiger partial charge on any atom is 0.335 e. The molecule has 2 N–H and O–H groups in total. The van der Waals surface area contributed by atoms with Gasteiger partial charge in [-0.15, -0.1) is 0 Å². The van der Waals surface area contributed by atoms with Gasteiger partial charge in [-0.3, -0.25) is 25.0 Å². The van der Waals surface area contributed by atoms with Crippen LogP contribution in [-0.2, 0) is 9.59 Å². The molecule has 2 aromatic rings. The summed E-state index contributed by atoms with van der Waals surface area (Å²) >= 11 is 1.69. The van der Waals surface area contributed by atoms with Crippen molar-refractivity contribution in [1.82, 2.24) is 5.32 Å². The number of barbiturate groups is 1. The molecule has 1 fully saturated rings. The number of hydrogen-bond donors (Lipinski definition) is 2. The van der Waals surface area contributed by atoms with Crippen LogP contribution in [0, 0.1) is 13.7 Å². The molecule has 0 atom stereocenters. The molecule has 1 heterocycles. The van der Waals surface area contributed by atoms with E-state index in [1.807, 2.05) is 6.92 Å². The smallest absolute Gasteiger partial charge is 0.335 e. The molecule has 1 aliphatic rings. The number of nitro groups is 1. The second kappa shape index (κ2) is 8.49. The van der Waals surface area contributed by atoms with Crippen molar-refractivity contribution < 1.29 is 29.2 Å². The number of urea groups is 1. The topological polar surface area (TPSA) is 139 Å². The van der Waals surface area contributed by atoms with Crippen molar-refractivity contribution in [2.75, 3.05) is 11.5 Å². The number of nitrogens with zero attached hydrogens (tertiary/aromatic N) is 2. The fourth-order valence-corrected chi connectivity index (χ4v) is 3.38. The number of rotatable bonds is 5. The van der Waals surface area contributed by atoms with Gasteiger partial charge in [0.2, 0.25) is 5.75 Å². The summed E-state index contributed by atoms with van der Waals surface area (Å²) in [6.07, 6.45) is 1.13. The number of carbonyl (C=O) groups is 3. The number of phenolic OH excluding ortho intramolecular Hbond substituents is 1. The highest BCUT2D eigenvalue weighted by molar-refractivity contribution is 14.1. The van der Waals surface area contributed by atoms with Gasteiger partial charge in [-0.2, -0.15) is 0 Å². The molecule has 3 rings (SSSR count).